The zero-order chi connectivity index (χ0) is 17.9. The second-order valence-corrected chi connectivity index (χ2v) is 5.51. The average molecular weight is 332 g/mol. The molecule has 2 rings (SSSR count). The van der Waals surface area contributed by atoms with Crippen LogP contribution in [0, 0.1) is 24.0 Å². The van der Waals surface area contributed by atoms with Gasteiger partial charge in [0, 0.05) is 22.9 Å². The molecule has 0 bridgehead atoms. The molecule has 0 aliphatic carbocycles. The third-order valence-corrected chi connectivity index (χ3v) is 3.79. The highest BCUT2D eigenvalue weighted by atomic mass is 16.6. The number of carbonyl (C=O) groups excluding carboxylic acids is 1. The van der Waals surface area contributed by atoms with Crippen LogP contribution in [0.2, 0.25) is 0 Å². The van der Waals surface area contributed by atoms with Gasteiger partial charge >= 0.3 is 6.03 Å². The van der Waals surface area contributed by atoms with Gasteiger partial charge in [-0.3, -0.25) is 10.1 Å². The Morgan fingerprint density at radius 2 is 2.12 bits per heavy atom. The fraction of sp³-hybridized carbons (Fsp3) is 0.375. The molecule has 0 aliphatic rings. The van der Waals surface area contributed by atoms with Gasteiger partial charge in [0.05, 0.1) is 16.7 Å². The monoisotopic (exact) mass is 332 g/mol. The number of nitrogens with one attached hydrogen (secondary N) is 2. The second-order valence-electron chi connectivity index (χ2n) is 5.51. The first kappa shape index (κ1) is 17.5. The van der Waals surface area contributed by atoms with Crippen molar-refractivity contribution in [2.75, 3.05) is 5.32 Å². The number of hydrogen-bond acceptors (Lipinski definition) is 5. The van der Waals surface area contributed by atoms with E-state index in [-0.39, 0.29) is 11.7 Å². The summed E-state index contributed by atoms with van der Waals surface area (Å²) in [5.74, 6) is 0.642. The predicted octanol–water partition coefficient (Wildman–Crippen LogP) is 3.64. The minimum atomic E-state index is -0.457. The number of rotatable bonds is 5. The Labute approximate surface area is 139 Å². The number of carbonyl (C=O) groups is 1. The maximum atomic E-state index is 12.1. The standard InChI is InChI=1S/C16H20N4O4/c1-5-12-6-7-13(8-14(12)20(22)23)18-16(21)17-9(2)15-10(3)19-24-11(15)4/h6-9H,5H2,1-4H3,(H2,17,18,21)/t9-/m1/s1. The summed E-state index contributed by atoms with van der Waals surface area (Å²) in [5.41, 5.74) is 2.51. The van der Waals surface area contributed by atoms with Crippen LogP contribution in [0.4, 0.5) is 16.2 Å². The largest absolute Gasteiger partial charge is 0.361 e. The number of nitro benzene ring substituents is 1. The molecule has 0 saturated heterocycles. The summed E-state index contributed by atoms with van der Waals surface area (Å²) in [7, 11) is 0. The summed E-state index contributed by atoms with van der Waals surface area (Å²) in [6.07, 6.45) is 0.547. The zero-order valence-electron chi connectivity index (χ0n) is 14.0. The highest BCUT2D eigenvalue weighted by molar-refractivity contribution is 5.90. The Hall–Kier alpha value is -2.90. The molecule has 0 spiro atoms. The van der Waals surface area contributed by atoms with Crippen molar-refractivity contribution in [3.05, 3.63) is 50.9 Å². The normalized spacial score (nSPS) is 11.8. The molecule has 0 unspecified atom stereocenters. The Bertz CT molecular complexity index is 750. The van der Waals surface area contributed by atoms with Crippen LogP contribution in [-0.4, -0.2) is 16.1 Å². The number of urea groups is 1. The molecule has 0 fully saturated rings. The first-order chi connectivity index (χ1) is 11.3. The molecule has 24 heavy (non-hydrogen) atoms. The van der Waals surface area contributed by atoms with Gasteiger partial charge in [0.25, 0.3) is 5.69 Å². The molecule has 8 heteroatoms. The molecule has 2 amide bonds. The van der Waals surface area contributed by atoms with Crippen molar-refractivity contribution in [3.8, 4) is 0 Å². The Morgan fingerprint density at radius 1 is 1.42 bits per heavy atom. The number of amides is 2. The van der Waals surface area contributed by atoms with E-state index in [9.17, 15) is 14.9 Å². The van der Waals surface area contributed by atoms with E-state index in [1.165, 1.54) is 6.07 Å². The Morgan fingerprint density at radius 3 is 2.67 bits per heavy atom. The fourth-order valence-electron chi connectivity index (χ4n) is 2.65. The molecule has 0 saturated carbocycles. The SMILES string of the molecule is CCc1ccc(NC(=O)N[C@H](C)c2c(C)noc2C)cc1[N+](=O)[O-]. The molecule has 8 nitrogen and oxygen atoms in total. The van der Waals surface area contributed by atoms with Crippen LogP contribution in [0.1, 0.15) is 42.5 Å². The molecular weight excluding hydrogens is 312 g/mol. The minimum Gasteiger partial charge on any atom is -0.361 e. The molecule has 0 aliphatic heterocycles. The summed E-state index contributed by atoms with van der Waals surface area (Å²) >= 11 is 0. The predicted molar refractivity (Wildman–Crippen MR) is 89.0 cm³/mol. The number of anilines is 1. The van der Waals surface area contributed by atoms with Crippen LogP contribution >= 0.6 is 0 Å². The smallest absolute Gasteiger partial charge is 0.319 e. The van der Waals surface area contributed by atoms with Crippen LogP contribution in [0.3, 0.4) is 0 Å². The molecular formula is C16H20N4O4. The molecule has 1 aromatic carbocycles. The fourth-order valence-corrected chi connectivity index (χ4v) is 2.65. The van der Waals surface area contributed by atoms with E-state index >= 15 is 0 Å². The van der Waals surface area contributed by atoms with Gasteiger partial charge in [-0.1, -0.05) is 18.1 Å². The van der Waals surface area contributed by atoms with Crippen molar-refractivity contribution in [1.29, 1.82) is 0 Å². The number of aryl methyl sites for hydroxylation is 3. The van der Waals surface area contributed by atoms with Crippen LogP contribution in [0.15, 0.2) is 22.7 Å². The quantitative estimate of drug-likeness (QED) is 0.641. The van der Waals surface area contributed by atoms with Gasteiger partial charge in [0.1, 0.15) is 5.76 Å². The lowest BCUT2D eigenvalue weighted by Gasteiger charge is -2.14. The van der Waals surface area contributed by atoms with Gasteiger partial charge in [-0.05, 0) is 33.3 Å². The maximum absolute atomic E-state index is 12.1. The lowest BCUT2D eigenvalue weighted by molar-refractivity contribution is -0.385. The highest BCUT2D eigenvalue weighted by Gasteiger charge is 2.19. The molecule has 1 heterocycles. The van der Waals surface area contributed by atoms with Gasteiger partial charge in [0.15, 0.2) is 0 Å². The van der Waals surface area contributed by atoms with E-state index in [1.54, 1.807) is 26.0 Å². The van der Waals surface area contributed by atoms with Crippen molar-refractivity contribution in [1.82, 2.24) is 10.5 Å². The number of nitro groups is 1. The second kappa shape index (κ2) is 7.12. The first-order valence-corrected chi connectivity index (χ1v) is 7.61. The van der Waals surface area contributed by atoms with Crippen molar-refractivity contribution >= 4 is 17.4 Å². The number of nitrogens with zero attached hydrogens (tertiary/aromatic N) is 2. The lowest BCUT2D eigenvalue weighted by Crippen LogP contribution is -2.31. The van der Waals surface area contributed by atoms with Crippen LogP contribution in [0.5, 0.6) is 0 Å². The summed E-state index contributed by atoms with van der Waals surface area (Å²) in [6.45, 7) is 7.23. The molecule has 1 aromatic heterocycles. The third-order valence-electron chi connectivity index (χ3n) is 3.79. The summed E-state index contributed by atoms with van der Waals surface area (Å²) in [5, 5.41) is 20.3. The molecule has 2 N–H and O–H groups in total. The first-order valence-electron chi connectivity index (χ1n) is 7.61. The van der Waals surface area contributed by atoms with E-state index in [2.05, 4.69) is 15.8 Å². The lowest BCUT2D eigenvalue weighted by atomic mass is 10.1. The highest BCUT2D eigenvalue weighted by Crippen LogP contribution is 2.24. The van der Waals surface area contributed by atoms with E-state index in [1.807, 2.05) is 13.8 Å². The van der Waals surface area contributed by atoms with Crippen LogP contribution < -0.4 is 10.6 Å². The van der Waals surface area contributed by atoms with E-state index in [0.717, 1.165) is 5.56 Å². The molecule has 2 aromatic rings. The van der Waals surface area contributed by atoms with Crippen LogP contribution in [0.25, 0.3) is 0 Å². The number of hydrogen-bond donors (Lipinski definition) is 2. The van der Waals surface area contributed by atoms with Crippen molar-refractivity contribution in [2.24, 2.45) is 0 Å². The maximum Gasteiger partial charge on any atom is 0.319 e. The summed E-state index contributed by atoms with van der Waals surface area (Å²) < 4.78 is 5.09. The van der Waals surface area contributed by atoms with Crippen molar-refractivity contribution < 1.29 is 14.2 Å². The third kappa shape index (κ3) is 3.70. The molecule has 128 valence electrons. The molecule has 1 atom stereocenters. The average Bonchev–Trinajstić information content (AvgIpc) is 2.85. The van der Waals surface area contributed by atoms with Gasteiger partial charge in [0.2, 0.25) is 0 Å². The van der Waals surface area contributed by atoms with Gasteiger partial charge < -0.3 is 15.2 Å². The summed E-state index contributed by atoms with van der Waals surface area (Å²) in [4.78, 5) is 22.8. The van der Waals surface area contributed by atoms with Gasteiger partial charge in [-0.2, -0.15) is 0 Å². The van der Waals surface area contributed by atoms with Gasteiger partial charge in [-0.25, -0.2) is 4.79 Å². The summed E-state index contributed by atoms with van der Waals surface area (Å²) in [6, 6.07) is 3.89. The number of aromatic nitrogens is 1. The van der Waals surface area contributed by atoms with Crippen molar-refractivity contribution in [2.45, 2.75) is 40.2 Å². The van der Waals surface area contributed by atoms with Gasteiger partial charge in [-0.15, -0.1) is 0 Å². The minimum absolute atomic E-state index is 0.00549. The van der Waals surface area contributed by atoms with E-state index in [4.69, 9.17) is 4.52 Å². The van der Waals surface area contributed by atoms with E-state index < -0.39 is 11.0 Å². The Kier molecular flexibility index (Phi) is 5.18. The number of benzene rings is 1. The Balaban J connectivity index is 2.10. The van der Waals surface area contributed by atoms with Crippen LogP contribution in [-0.2, 0) is 6.42 Å². The zero-order valence-corrected chi connectivity index (χ0v) is 14.0. The van der Waals surface area contributed by atoms with Crippen molar-refractivity contribution in [3.63, 3.8) is 0 Å². The molecule has 0 radical (unpaired) electrons. The topological polar surface area (TPSA) is 110 Å². The van der Waals surface area contributed by atoms with E-state index in [0.29, 0.717) is 29.1 Å².